The lowest BCUT2D eigenvalue weighted by Gasteiger charge is -2.18. The third-order valence-electron chi connectivity index (χ3n) is 15.2. The number of rotatable bonds is 62. The minimum atomic E-state index is -0.767. The van der Waals surface area contributed by atoms with Gasteiger partial charge >= 0.3 is 17.9 Å². The molecule has 0 rings (SSSR count). The van der Waals surface area contributed by atoms with Gasteiger partial charge in [-0.25, -0.2) is 0 Å². The van der Waals surface area contributed by atoms with Crippen molar-refractivity contribution in [3.05, 3.63) is 24.3 Å². The van der Waals surface area contributed by atoms with Gasteiger partial charge in [-0.05, 0) is 51.4 Å². The van der Waals surface area contributed by atoms with E-state index >= 15 is 0 Å². The van der Waals surface area contributed by atoms with E-state index in [-0.39, 0.29) is 31.1 Å². The Labute approximate surface area is 462 Å². The van der Waals surface area contributed by atoms with Gasteiger partial charge in [-0.2, -0.15) is 0 Å². The number of hydrogen-bond donors (Lipinski definition) is 0. The SMILES string of the molecule is CCCCCCC/C=C\C/C=C\CCCCCCCCCCCCCCCC(=O)OCC(COC(=O)CCCCCCCCCCCCCCCC)OC(=O)CCCCCCCCCCCCCCCCCCC. The van der Waals surface area contributed by atoms with Crippen LogP contribution in [0, 0.1) is 0 Å². The number of ether oxygens (including phenoxy) is 3. The number of allylic oxidation sites excluding steroid dienone is 4. The van der Waals surface area contributed by atoms with Crippen molar-refractivity contribution < 1.29 is 28.6 Å². The fraction of sp³-hybridized carbons (Fsp3) is 0.897. The zero-order chi connectivity index (χ0) is 53.6. The van der Waals surface area contributed by atoms with Gasteiger partial charge in [-0.15, -0.1) is 0 Å². The third-order valence-corrected chi connectivity index (χ3v) is 15.2. The van der Waals surface area contributed by atoms with Crippen LogP contribution >= 0.6 is 0 Å². The minimum Gasteiger partial charge on any atom is -0.462 e. The summed E-state index contributed by atoms with van der Waals surface area (Å²) in [7, 11) is 0. The summed E-state index contributed by atoms with van der Waals surface area (Å²) < 4.78 is 17.0. The van der Waals surface area contributed by atoms with Crippen LogP contribution in [0.25, 0.3) is 0 Å². The summed E-state index contributed by atoms with van der Waals surface area (Å²) in [5.74, 6) is -0.834. The molecule has 0 bridgehead atoms. The van der Waals surface area contributed by atoms with Gasteiger partial charge in [0.2, 0.25) is 0 Å². The van der Waals surface area contributed by atoms with Crippen molar-refractivity contribution in [3.63, 3.8) is 0 Å². The second-order valence-electron chi connectivity index (χ2n) is 22.7. The third kappa shape index (κ3) is 60.8. The van der Waals surface area contributed by atoms with Crippen LogP contribution < -0.4 is 0 Å². The van der Waals surface area contributed by atoms with Crippen LogP contribution in [0.3, 0.4) is 0 Å². The van der Waals surface area contributed by atoms with E-state index in [2.05, 4.69) is 45.1 Å². The standard InChI is InChI=1S/C68H128O6/c1-4-7-10-13-16-19-22-25-28-30-31-32-33-34-35-36-37-39-40-43-46-49-52-55-58-61-67(70)73-64-65(63-72-66(69)60-57-54-51-48-45-42-27-24-21-18-15-12-9-6-3)74-68(71)62-59-56-53-50-47-44-41-38-29-26-23-20-17-14-11-8-5-2/h22,25,30-31,65H,4-21,23-24,26-29,32-64H2,1-3H3/b25-22-,31-30-. The number of esters is 3. The first kappa shape index (κ1) is 71.9. The molecule has 0 aliphatic heterocycles. The quantitative estimate of drug-likeness (QED) is 0.0261. The normalized spacial score (nSPS) is 12.1. The molecule has 0 aliphatic rings. The zero-order valence-electron chi connectivity index (χ0n) is 50.1. The van der Waals surface area contributed by atoms with Gasteiger partial charge in [0.05, 0.1) is 0 Å². The average Bonchev–Trinajstić information content (AvgIpc) is 3.40. The highest BCUT2D eigenvalue weighted by atomic mass is 16.6. The first-order chi connectivity index (χ1) is 36.5. The monoisotopic (exact) mass is 1040 g/mol. The van der Waals surface area contributed by atoms with E-state index in [9.17, 15) is 14.4 Å². The van der Waals surface area contributed by atoms with E-state index in [4.69, 9.17) is 14.2 Å². The van der Waals surface area contributed by atoms with Crippen LogP contribution in [0.2, 0.25) is 0 Å². The van der Waals surface area contributed by atoms with Gasteiger partial charge in [0.1, 0.15) is 13.2 Å². The zero-order valence-corrected chi connectivity index (χ0v) is 50.1. The Morgan fingerprint density at radius 3 is 0.743 bits per heavy atom. The van der Waals surface area contributed by atoms with Crippen molar-refractivity contribution in [2.45, 2.75) is 380 Å². The highest BCUT2D eigenvalue weighted by molar-refractivity contribution is 5.71. The number of carbonyl (C=O) groups excluding carboxylic acids is 3. The molecule has 0 aromatic heterocycles. The molecular weight excluding hydrogens is 913 g/mol. The number of hydrogen-bond acceptors (Lipinski definition) is 6. The largest absolute Gasteiger partial charge is 0.462 e. The Bertz CT molecular complexity index is 1190. The molecule has 0 saturated carbocycles. The molecule has 74 heavy (non-hydrogen) atoms. The average molecular weight is 1040 g/mol. The van der Waals surface area contributed by atoms with Gasteiger partial charge in [0.15, 0.2) is 6.10 Å². The van der Waals surface area contributed by atoms with E-state index in [0.717, 1.165) is 64.2 Å². The number of unbranched alkanes of at least 4 members (excludes halogenated alkanes) is 47. The molecule has 436 valence electrons. The summed E-state index contributed by atoms with van der Waals surface area (Å²) in [5.41, 5.74) is 0. The molecule has 0 saturated heterocycles. The lowest BCUT2D eigenvalue weighted by molar-refractivity contribution is -0.167. The Hall–Kier alpha value is -2.11. The smallest absolute Gasteiger partial charge is 0.306 e. The maximum absolute atomic E-state index is 12.9. The molecule has 0 aromatic carbocycles. The van der Waals surface area contributed by atoms with Crippen molar-refractivity contribution in [2.24, 2.45) is 0 Å². The van der Waals surface area contributed by atoms with Crippen LogP contribution in [0.4, 0.5) is 0 Å². The molecule has 0 fully saturated rings. The molecule has 1 unspecified atom stereocenters. The lowest BCUT2D eigenvalue weighted by Crippen LogP contribution is -2.30. The minimum absolute atomic E-state index is 0.0643. The molecule has 0 heterocycles. The summed E-state index contributed by atoms with van der Waals surface area (Å²) in [6.45, 7) is 6.70. The topological polar surface area (TPSA) is 78.9 Å². The molecule has 0 aromatic rings. The molecule has 0 radical (unpaired) electrons. The Morgan fingerprint density at radius 2 is 0.486 bits per heavy atom. The molecule has 0 aliphatic carbocycles. The molecule has 1 atom stereocenters. The predicted octanol–water partition coefficient (Wildman–Crippen LogP) is 22.6. The lowest BCUT2D eigenvalue weighted by atomic mass is 10.0. The summed E-state index contributed by atoms with van der Waals surface area (Å²) in [6.07, 6.45) is 76.2. The second-order valence-corrected chi connectivity index (χ2v) is 22.7. The summed E-state index contributed by atoms with van der Waals surface area (Å²) in [6, 6.07) is 0. The first-order valence-electron chi connectivity index (χ1n) is 33.3. The fourth-order valence-electron chi connectivity index (χ4n) is 10.2. The van der Waals surface area contributed by atoms with Crippen LogP contribution in [-0.2, 0) is 28.6 Å². The van der Waals surface area contributed by atoms with E-state index < -0.39 is 6.10 Å². The maximum Gasteiger partial charge on any atom is 0.306 e. The molecule has 6 heteroatoms. The van der Waals surface area contributed by atoms with E-state index in [1.54, 1.807) is 0 Å². The van der Waals surface area contributed by atoms with E-state index in [1.165, 1.54) is 270 Å². The predicted molar refractivity (Wildman–Crippen MR) is 321 cm³/mol. The fourth-order valence-corrected chi connectivity index (χ4v) is 10.2. The van der Waals surface area contributed by atoms with Crippen LogP contribution in [0.5, 0.6) is 0 Å². The van der Waals surface area contributed by atoms with Crippen LogP contribution in [0.15, 0.2) is 24.3 Å². The summed E-state index contributed by atoms with van der Waals surface area (Å²) >= 11 is 0. The molecule has 0 spiro atoms. The van der Waals surface area contributed by atoms with Gasteiger partial charge in [-0.3, -0.25) is 14.4 Å². The van der Waals surface area contributed by atoms with Gasteiger partial charge in [0.25, 0.3) is 0 Å². The van der Waals surface area contributed by atoms with Crippen molar-refractivity contribution >= 4 is 17.9 Å². The van der Waals surface area contributed by atoms with Crippen molar-refractivity contribution in [1.29, 1.82) is 0 Å². The molecule has 0 amide bonds. The molecule has 0 N–H and O–H groups in total. The Morgan fingerprint density at radius 1 is 0.270 bits per heavy atom. The van der Waals surface area contributed by atoms with E-state index in [1.807, 2.05) is 0 Å². The second kappa shape index (κ2) is 63.4. The Balaban J connectivity index is 4.24. The van der Waals surface area contributed by atoms with Gasteiger partial charge in [-0.1, -0.05) is 328 Å². The van der Waals surface area contributed by atoms with Crippen LogP contribution in [0.1, 0.15) is 374 Å². The maximum atomic E-state index is 12.9. The number of carbonyl (C=O) groups is 3. The highest BCUT2D eigenvalue weighted by Crippen LogP contribution is 2.18. The summed E-state index contributed by atoms with van der Waals surface area (Å²) in [5, 5.41) is 0. The summed E-state index contributed by atoms with van der Waals surface area (Å²) in [4.78, 5) is 38.3. The van der Waals surface area contributed by atoms with Crippen molar-refractivity contribution in [1.82, 2.24) is 0 Å². The van der Waals surface area contributed by atoms with Gasteiger partial charge in [0, 0.05) is 19.3 Å². The Kier molecular flexibility index (Phi) is 61.6. The van der Waals surface area contributed by atoms with E-state index in [0.29, 0.717) is 19.3 Å². The first-order valence-corrected chi connectivity index (χ1v) is 33.3. The highest BCUT2D eigenvalue weighted by Gasteiger charge is 2.19. The van der Waals surface area contributed by atoms with Crippen molar-refractivity contribution in [2.75, 3.05) is 13.2 Å². The van der Waals surface area contributed by atoms with Crippen molar-refractivity contribution in [3.8, 4) is 0 Å². The van der Waals surface area contributed by atoms with Crippen LogP contribution in [-0.4, -0.2) is 37.2 Å². The molecular formula is C68H128O6. The van der Waals surface area contributed by atoms with Gasteiger partial charge < -0.3 is 14.2 Å². The molecule has 6 nitrogen and oxygen atoms in total.